The van der Waals surface area contributed by atoms with Gasteiger partial charge >= 0.3 is 6.09 Å². The van der Waals surface area contributed by atoms with Crippen molar-refractivity contribution in [3.05, 3.63) is 95.1 Å². The topological polar surface area (TPSA) is 122 Å². The molecule has 0 aliphatic heterocycles. The molecule has 154 valence electrons. The molecule has 0 saturated carbocycles. The highest BCUT2D eigenvalue weighted by atomic mass is 16.4. The van der Waals surface area contributed by atoms with Crippen molar-refractivity contribution in [2.45, 2.75) is 19.6 Å². The molecule has 2 amide bonds. The van der Waals surface area contributed by atoms with Crippen molar-refractivity contribution in [1.29, 1.82) is 0 Å². The molecule has 0 spiro atoms. The van der Waals surface area contributed by atoms with Crippen LogP contribution in [0.5, 0.6) is 0 Å². The number of nitrogens with one attached hydrogen (secondary N) is 1. The Bertz CT molecular complexity index is 1020. The molecule has 0 aliphatic rings. The monoisotopic (exact) mass is 404 g/mol. The number of nitrogen functional groups attached to an aromatic ring is 1. The molecule has 0 heterocycles. The number of anilines is 2. The van der Waals surface area contributed by atoms with E-state index in [2.05, 4.69) is 5.32 Å². The number of rotatable bonds is 7. The van der Waals surface area contributed by atoms with E-state index in [-0.39, 0.29) is 19.0 Å². The molecule has 3 aromatic carbocycles. The van der Waals surface area contributed by atoms with Gasteiger partial charge in [-0.2, -0.15) is 0 Å². The Labute approximate surface area is 174 Å². The molecule has 0 radical (unpaired) electrons. The lowest BCUT2D eigenvalue weighted by atomic mass is 10.1. The van der Waals surface area contributed by atoms with Gasteiger partial charge in [0.1, 0.15) is 0 Å². The summed E-state index contributed by atoms with van der Waals surface area (Å²) in [6, 6.07) is 21.4. The van der Waals surface area contributed by atoms with Crippen LogP contribution in [0.3, 0.4) is 0 Å². The molecule has 7 nitrogen and oxygen atoms in total. The molecule has 7 heteroatoms. The molecule has 0 fully saturated rings. The number of hydrogen-bond donors (Lipinski definition) is 4. The summed E-state index contributed by atoms with van der Waals surface area (Å²) >= 11 is 0. The zero-order valence-corrected chi connectivity index (χ0v) is 16.4. The fourth-order valence-electron chi connectivity index (χ4n) is 2.98. The highest BCUT2D eigenvalue weighted by Crippen LogP contribution is 2.18. The highest BCUT2D eigenvalue weighted by molar-refractivity contribution is 6.05. The molecule has 0 aromatic heterocycles. The van der Waals surface area contributed by atoms with Gasteiger partial charge in [0.25, 0.3) is 5.91 Å². The quantitative estimate of drug-likeness (QED) is 0.448. The molecule has 0 unspecified atom stereocenters. The second-order valence-corrected chi connectivity index (χ2v) is 6.90. The molecular weight excluding hydrogens is 380 g/mol. The minimum Gasteiger partial charge on any atom is -0.465 e. The minimum atomic E-state index is -1.01. The van der Waals surface area contributed by atoms with Gasteiger partial charge in [-0.3, -0.25) is 9.69 Å². The summed E-state index contributed by atoms with van der Waals surface area (Å²) in [5.41, 5.74) is 15.6. The van der Waals surface area contributed by atoms with E-state index in [1.807, 2.05) is 24.3 Å². The smallest absolute Gasteiger partial charge is 0.407 e. The molecule has 0 atom stereocenters. The predicted octanol–water partition coefficient (Wildman–Crippen LogP) is 3.66. The van der Waals surface area contributed by atoms with Gasteiger partial charge in [-0.25, -0.2) is 4.79 Å². The van der Waals surface area contributed by atoms with E-state index >= 15 is 0 Å². The lowest BCUT2D eigenvalue weighted by Gasteiger charge is -2.20. The van der Waals surface area contributed by atoms with Gasteiger partial charge in [0, 0.05) is 25.2 Å². The van der Waals surface area contributed by atoms with Crippen LogP contribution in [0.2, 0.25) is 0 Å². The first kappa shape index (κ1) is 20.9. The van der Waals surface area contributed by atoms with Gasteiger partial charge in [0.05, 0.1) is 11.4 Å². The lowest BCUT2D eigenvalue weighted by Crippen LogP contribution is -2.28. The molecule has 3 rings (SSSR count). The Hall–Kier alpha value is -3.84. The third-order valence-electron chi connectivity index (χ3n) is 4.70. The van der Waals surface area contributed by atoms with Gasteiger partial charge in [0.15, 0.2) is 0 Å². The van der Waals surface area contributed by atoms with E-state index in [4.69, 9.17) is 11.5 Å². The number of hydrogen-bond acceptors (Lipinski definition) is 4. The van der Waals surface area contributed by atoms with Crippen LogP contribution in [0.15, 0.2) is 72.8 Å². The Balaban J connectivity index is 1.65. The maximum absolute atomic E-state index is 12.4. The summed E-state index contributed by atoms with van der Waals surface area (Å²) in [7, 11) is 0. The maximum atomic E-state index is 12.4. The third-order valence-corrected chi connectivity index (χ3v) is 4.70. The standard InChI is InChI=1S/C23H24N4O3/c24-13-16-5-7-17(8-6-16)14-27(23(29)30)15-18-9-11-19(12-10-18)22(28)26-21-4-2-1-3-20(21)25/h1-12H,13-15,24-25H2,(H,26,28)(H,29,30). The van der Waals surface area contributed by atoms with E-state index in [0.29, 0.717) is 23.5 Å². The summed E-state index contributed by atoms with van der Waals surface area (Å²) in [6.45, 7) is 0.914. The van der Waals surface area contributed by atoms with Gasteiger partial charge in [-0.05, 0) is 41.0 Å². The third kappa shape index (κ3) is 5.36. The number of nitrogens with two attached hydrogens (primary N) is 2. The van der Waals surface area contributed by atoms with E-state index in [0.717, 1.165) is 16.7 Å². The van der Waals surface area contributed by atoms with Crippen molar-refractivity contribution in [3.8, 4) is 0 Å². The summed E-state index contributed by atoms with van der Waals surface area (Å²) in [5, 5.41) is 12.3. The van der Waals surface area contributed by atoms with E-state index < -0.39 is 6.09 Å². The summed E-state index contributed by atoms with van der Waals surface area (Å²) in [6.07, 6.45) is -1.01. The second-order valence-electron chi connectivity index (χ2n) is 6.90. The van der Waals surface area contributed by atoms with Gasteiger partial charge in [-0.15, -0.1) is 0 Å². The first-order valence-electron chi connectivity index (χ1n) is 9.47. The van der Waals surface area contributed by atoms with Crippen molar-refractivity contribution in [1.82, 2.24) is 4.90 Å². The van der Waals surface area contributed by atoms with Crippen LogP contribution < -0.4 is 16.8 Å². The van der Waals surface area contributed by atoms with E-state index in [1.54, 1.807) is 48.5 Å². The van der Waals surface area contributed by atoms with Crippen molar-refractivity contribution >= 4 is 23.4 Å². The average Bonchev–Trinajstić information content (AvgIpc) is 2.75. The first-order valence-corrected chi connectivity index (χ1v) is 9.47. The van der Waals surface area contributed by atoms with Crippen molar-refractivity contribution in [2.75, 3.05) is 11.1 Å². The van der Waals surface area contributed by atoms with Gasteiger partial charge < -0.3 is 21.9 Å². The predicted molar refractivity (Wildman–Crippen MR) is 117 cm³/mol. The Kier molecular flexibility index (Phi) is 6.67. The van der Waals surface area contributed by atoms with Gasteiger partial charge in [0.2, 0.25) is 0 Å². The first-order chi connectivity index (χ1) is 14.5. The zero-order chi connectivity index (χ0) is 21.5. The molecule has 6 N–H and O–H groups in total. The molecule has 30 heavy (non-hydrogen) atoms. The number of amides is 2. The SMILES string of the molecule is NCc1ccc(CN(Cc2ccc(C(=O)Nc3ccccc3N)cc2)C(=O)O)cc1. The average molecular weight is 404 g/mol. The Morgan fingerprint density at radius 3 is 1.90 bits per heavy atom. The minimum absolute atomic E-state index is 0.210. The zero-order valence-electron chi connectivity index (χ0n) is 16.4. The number of para-hydroxylation sites is 2. The molecular formula is C23H24N4O3. The van der Waals surface area contributed by atoms with Crippen molar-refractivity contribution in [2.24, 2.45) is 5.73 Å². The van der Waals surface area contributed by atoms with E-state index in [1.165, 1.54) is 4.90 Å². The fraction of sp³-hybridized carbons (Fsp3) is 0.130. The van der Waals surface area contributed by atoms with Crippen LogP contribution in [-0.2, 0) is 19.6 Å². The summed E-state index contributed by atoms with van der Waals surface area (Å²) < 4.78 is 0. The second kappa shape index (κ2) is 9.58. The molecule has 0 bridgehead atoms. The molecule has 0 saturated heterocycles. The van der Waals surface area contributed by atoms with Crippen LogP contribution in [0.4, 0.5) is 16.2 Å². The van der Waals surface area contributed by atoms with Crippen LogP contribution in [-0.4, -0.2) is 22.0 Å². The van der Waals surface area contributed by atoms with Gasteiger partial charge in [-0.1, -0.05) is 48.5 Å². The number of carbonyl (C=O) groups excluding carboxylic acids is 1. The van der Waals surface area contributed by atoms with Crippen LogP contribution >= 0.6 is 0 Å². The largest absolute Gasteiger partial charge is 0.465 e. The highest BCUT2D eigenvalue weighted by Gasteiger charge is 2.14. The van der Waals surface area contributed by atoms with Crippen molar-refractivity contribution in [3.63, 3.8) is 0 Å². The number of carboxylic acid groups (broad SMARTS) is 1. The maximum Gasteiger partial charge on any atom is 0.407 e. The molecule has 3 aromatic rings. The number of carbonyl (C=O) groups is 2. The number of benzene rings is 3. The fourth-order valence-corrected chi connectivity index (χ4v) is 2.98. The van der Waals surface area contributed by atoms with Crippen molar-refractivity contribution < 1.29 is 14.7 Å². The van der Waals surface area contributed by atoms with Crippen LogP contribution in [0, 0.1) is 0 Å². The normalized spacial score (nSPS) is 10.4. The summed E-state index contributed by atoms with van der Waals surface area (Å²) in [5.74, 6) is -0.283. The molecule has 0 aliphatic carbocycles. The van der Waals surface area contributed by atoms with Crippen LogP contribution in [0.1, 0.15) is 27.0 Å². The summed E-state index contributed by atoms with van der Waals surface area (Å²) in [4.78, 5) is 25.4. The van der Waals surface area contributed by atoms with Crippen LogP contribution in [0.25, 0.3) is 0 Å². The Morgan fingerprint density at radius 2 is 1.37 bits per heavy atom. The number of nitrogens with zero attached hydrogens (tertiary/aromatic N) is 1. The lowest BCUT2D eigenvalue weighted by molar-refractivity contribution is 0.102. The Morgan fingerprint density at radius 1 is 0.833 bits per heavy atom. The van der Waals surface area contributed by atoms with E-state index in [9.17, 15) is 14.7 Å².